The number of nitrogens with zero attached hydrogens (tertiary/aromatic N) is 2. The number of aliphatic hydroxyl groups excluding tert-OH is 1. The Morgan fingerprint density at radius 1 is 0.975 bits per heavy atom. The van der Waals surface area contributed by atoms with E-state index in [4.69, 9.17) is 11.6 Å². The SMILES string of the molecule is CC(O)CNC(=O)Nc1ccc(C(=O)N2CCN(Cc3ccc(C(O)(C(F)(F)F)C(F)(F)F)cc3)CC2)cc1Cl. The molecule has 0 bridgehead atoms. The summed E-state index contributed by atoms with van der Waals surface area (Å²) in [6.07, 6.45) is -12.6. The van der Waals surface area contributed by atoms with Gasteiger partial charge in [0.1, 0.15) is 0 Å². The van der Waals surface area contributed by atoms with Crippen molar-refractivity contribution >= 4 is 29.2 Å². The van der Waals surface area contributed by atoms with Crippen molar-refractivity contribution in [1.82, 2.24) is 15.1 Å². The van der Waals surface area contributed by atoms with Gasteiger partial charge in [-0.2, -0.15) is 26.3 Å². The minimum Gasteiger partial charge on any atom is -0.392 e. The Morgan fingerprint density at radius 2 is 1.55 bits per heavy atom. The van der Waals surface area contributed by atoms with E-state index in [1.807, 2.05) is 4.90 Å². The molecule has 0 aromatic heterocycles. The number of urea groups is 1. The van der Waals surface area contributed by atoms with Gasteiger partial charge in [0.15, 0.2) is 0 Å². The second-order valence-electron chi connectivity index (χ2n) is 9.35. The number of anilines is 1. The normalized spacial score (nSPS) is 16.0. The largest absolute Gasteiger partial charge is 0.430 e. The van der Waals surface area contributed by atoms with E-state index in [9.17, 15) is 46.1 Å². The Labute approximate surface area is 230 Å². The van der Waals surface area contributed by atoms with Crippen LogP contribution in [0.15, 0.2) is 42.5 Å². The number of carbonyl (C=O) groups is 2. The minimum absolute atomic E-state index is 0.0385. The number of aliphatic hydroxyl groups is 2. The number of piperazine rings is 1. The first-order valence-electron chi connectivity index (χ1n) is 12.0. The zero-order valence-corrected chi connectivity index (χ0v) is 21.9. The molecule has 1 aliphatic rings. The van der Waals surface area contributed by atoms with Crippen LogP contribution in [0.1, 0.15) is 28.4 Å². The molecule has 1 aliphatic heterocycles. The van der Waals surface area contributed by atoms with Gasteiger partial charge in [-0.15, -0.1) is 0 Å². The maximum Gasteiger partial charge on any atom is 0.430 e. The van der Waals surface area contributed by atoms with Crippen LogP contribution in [0.25, 0.3) is 0 Å². The molecule has 3 rings (SSSR count). The molecule has 8 nitrogen and oxygen atoms in total. The summed E-state index contributed by atoms with van der Waals surface area (Å²) >= 11 is 6.21. The summed E-state index contributed by atoms with van der Waals surface area (Å²) in [4.78, 5) is 28.2. The number of benzene rings is 2. The highest BCUT2D eigenvalue weighted by Gasteiger charge is 2.71. The number of rotatable bonds is 7. The van der Waals surface area contributed by atoms with Crippen LogP contribution in [0.4, 0.5) is 36.8 Å². The van der Waals surface area contributed by atoms with Crippen molar-refractivity contribution in [1.29, 1.82) is 0 Å². The van der Waals surface area contributed by atoms with Crippen molar-refractivity contribution in [3.63, 3.8) is 0 Å². The molecule has 40 heavy (non-hydrogen) atoms. The molecule has 2 aromatic rings. The Hall–Kier alpha value is -3.07. The lowest BCUT2D eigenvalue weighted by atomic mass is 9.91. The highest BCUT2D eigenvalue weighted by atomic mass is 35.5. The van der Waals surface area contributed by atoms with E-state index >= 15 is 0 Å². The second kappa shape index (κ2) is 12.2. The third kappa shape index (κ3) is 7.16. The summed E-state index contributed by atoms with van der Waals surface area (Å²) in [6, 6.07) is 7.19. The van der Waals surface area contributed by atoms with Crippen molar-refractivity contribution in [2.75, 3.05) is 38.0 Å². The summed E-state index contributed by atoms with van der Waals surface area (Å²) in [5.41, 5.74) is -5.33. The van der Waals surface area contributed by atoms with E-state index < -0.39 is 35.7 Å². The van der Waals surface area contributed by atoms with Crippen molar-refractivity contribution in [2.24, 2.45) is 0 Å². The van der Waals surface area contributed by atoms with E-state index in [0.29, 0.717) is 43.9 Å². The van der Waals surface area contributed by atoms with Crippen molar-refractivity contribution in [3.8, 4) is 0 Å². The minimum atomic E-state index is -5.95. The van der Waals surface area contributed by atoms with E-state index in [-0.39, 0.29) is 35.3 Å². The van der Waals surface area contributed by atoms with Crippen LogP contribution in [0.5, 0.6) is 0 Å². The Balaban J connectivity index is 1.57. The fraction of sp³-hybridized carbons (Fsp3) is 0.440. The van der Waals surface area contributed by atoms with Gasteiger partial charge in [0.25, 0.3) is 11.5 Å². The monoisotopic (exact) mass is 596 g/mol. The lowest BCUT2D eigenvalue weighted by molar-refractivity contribution is -0.376. The van der Waals surface area contributed by atoms with Crippen LogP contribution in [0, 0.1) is 0 Å². The van der Waals surface area contributed by atoms with Gasteiger partial charge in [-0.05, 0) is 30.7 Å². The first-order chi connectivity index (χ1) is 18.5. The van der Waals surface area contributed by atoms with Crippen LogP contribution in [0.3, 0.4) is 0 Å². The van der Waals surface area contributed by atoms with Crippen molar-refractivity contribution in [3.05, 3.63) is 64.2 Å². The molecule has 2 aromatic carbocycles. The molecule has 1 unspecified atom stereocenters. The third-order valence-electron chi connectivity index (χ3n) is 6.28. The number of hydrogen-bond donors (Lipinski definition) is 4. The maximum atomic E-state index is 13.1. The van der Waals surface area contributed by atoms with Gasteiger partial charge < -0.3 is 25.7 Å². The molecule has 15 heteroatoms. The van der Waals surface area contributed by atoms with Crippen LogP contribution >= 0.6 is 11.6 Å². The summed E-state index contributed by atoms with van der Waals surface area (Å²) in [6.45, 7) is 3.14. The highest BCUT2D eigenvalue weighted by Crippen LogP contribution is 2.50. The Morgan fingerprint density at radius 3 is 2.05 bits per heavy atom. The van der Waals surface area contributed by atoms with E-state index in [2.05, 4.69) is 10.6 Å². The third-order valence-corrected chi connectivity index (χ3v) is 6.59. The first-order valence-corrected chi connectivity index (χ1v) is 12.4. The van der Waals surface area contributed by atoms with E-state index in [0.717, 1.165) is 12.1 Å². The average molecular weight is 597 g/mol. The lowest BCUT2D eigenvalue weighted by Gasteiger charge is -2.35. The van der Waals surface area contributed by atoms with E-state index in [1.165, 1.54) is 25.1 Å². The Kier molecular flexibility index (Phi) is 9.60. The molecule has 1 atom stereocenters. The molecule has 3 amide bonds. The van der Waals surface area contributed by atoms with Crippen LogP contribution < -0.4 is 10.6 Å². The predicted octanol–water partition coefficient (Wildman–Crippen LogP) is 4.11. The number of halogens is 7. The fourth-order valence-electron chi connectivity index (χ4n) is 4.05. The van der Waals surface area contributed by atoms with Gasteiger partial charge in [0, 0.05) is 50.4 Å². The number of hydrogen-bond acceptors (Lipinski definition) is 5. The molecule has 1 heterocycles. The van der Waals surface area contributed by atoms with Gasteiger partial charge >= 0.3 is 18.4 Å². The van der Waals surface area contributed by atoms with Gasteiger partial charge in [0.2, 0.25) is 0 Å². The molecule has 1 fully saturated rings. The van der Waals surface area contributed by atoms with Crippen LogP contribution in [-0.4, -0.2) is 83.1 Å². The van der Waals surface area contributed by atoms with E-state index in [1.54, 1.807) is 4.90 Å². The van der Waals surface area contributed by atoms with Gasteiger partial charge in [-0.3, -0.25) is 9.69 Å². The van der Waals surface area contributed by atoms with Crippen molar-refractivity contribution in [2.45, 2.75) is 37.5 Å². The molecule has 0 spiro atoms. The number of nitrogens with one attached hydrogen (secondary N) is 2. The van der Waals surface area contributed by atoms with Crippen molar-refractivity contribution < 1.29 is 46.1 Å². The zero-order valence-electron chi connectivity index (χ0n) is 21.1. The molecule has 0 saturated carbocycles. The molecule has 220 valence electrons. The van der Waals surface area contributed by atoms with Gasteiger partial charge in [-0.25, -0.2) is 4.79 Å². The number of carbonyl (C=O) groups excluding carboxylic acids is 2. The van der Waals surface area contributed by atoms with Gasteiger partial charge in [0.05, 0.1) is 16.8 Å². The molecule has 4 N–H and O–H groups in total. The predicted molar refractivity (Wildman–Crippen MR) is 134 cm³/mol. The van der Waals surface area contributed by atoms with Crippen LogP contribution in [-0.2, 0) is 12.1 Å². The smallest absolute Gasteiger partial charge is 0.392 e. The number of amides is 3. The molecular formula is C25H27ClF6N4O4. The summed E-state index contributed by atoms with van der Waals surface area (Å²) in [7, 11) is 0. The highest BCUT2D eigenvalue weighted by molar-refractivity contribution is 6.34. The summed E-state index contributed by atoms with van der Waals surface area (Å²) < 4.78 is 78.5. The molecular weight excluding hydrogens is 570 g/mol. The lowest BCUT2D eigenvalue weighted by Crippen LogP contribution is -2.53. The Bertz CT molecular complexity index is 1190. The fourth-order valence-corrected chi connectivity index (χ4v) is 4.27. The zero-order chi connectivity index (χ0) is 29.9. The maximum absolute atomic E-state index is 13.1. The van der Waals surface area contributed by atoms with Crippen LogP contribution in [0.2, 0.25) is 5.02 Å². The number of alkyl halides is 6. The average Bonchev–Trinajstić information content (AvgIpc) is 2.87. The standard InChI is InChI=1S/C25H27ClF6N4O4/c1-15(37)13-33-22(39)34-20-7-4-17(12-19(20)26)21(38)36-10-8-35(9-11-36)14-16-2-5-18(6-3-16)23(40,24(27,28)29)25(30,31)32/h2-7,12,15,37,40H,8-11,13-14H2,1H3,(H2,33,34,39). The summed E-state index contributed by atoms with van der Waals surface area (Å²) in [5.74, 6) is -0.311. The topological polar surface area (TPSA) is 105 Å². The quantitative estimate of drug-likeness (QED) is 0.360. The molecule has 0 aliphatic carbocycles. The molecule has 1 saturated heterocycles. The first kappa shape index (κ1) is 31.5. The van der Waals surface area contributed by atoms with Gasteiger partial charge in [-0.1, -0.05) is 35.9 Å². The molecule has 0 radical (unpaired) electrons. The second-order valence-corrected chi connectivity index (χ2v) is 9.76. The summed E-state index contributed by atoms with van der Waals surface area (Å²) in [5, 5.41) is 23.8.